The molecule has 0 aliphatic heterocycles. The van der Waals surface area contributed by atoms with E-state index >= 15 is 0 Å². The van der Waals surface area contributed by atoms with E-state index in [-0.39, 0.29) is 18.1 Å². The van der Waals surface area contributed by atoms with E-state index in [1.807, 2.05) is 6.92 Å². The summed E-state index contributed by atoms with van der Waals surface area (Å²) in [5.41, 5.74) is 1.41. The maximum Gasteiger partial charge on any atom is 0.303 e. The second-order valence-electron chi connectivity index (χ2n) is 4.89. The number of phenolic OH excluding ortho intramolecular Hbond substituents is 1. The Morgan fingerprint density at radius 2 is 2.17 bits per heavy atom. The molecule has 0 amide bonds. The van der Waals surface area contributed by atoms with Gasteiger partial charge in [0.25, 0.3) is 0 Å². The number of ether oxygens (including phenoxy) is 1. The zero-order valence-corrected chi connectivity index (χ0v) is 10.6. The lowest BCUT2D eigenvalue weighted by Gasteiger charge is -2.20. The second-order valence-corrected chi connectivity index (χ2v) is 4.89. The molecule has 2 rings (SSSR count). The van der Waals surface area contributed by atoms with Gasteiger partial charge in [0.1, 0.15) is 11.5 Å². The zero-order chi connectivity index (χ0) is 13.3. The van der Waals surface area contributed by atoms with Gasteiger partial charge < -0.3 is 14.9 Å². The summed E-state index contributed by atoms with van der Waals surface area (Å²) in [5.74, 6) is 0.110. The molecule has 0 aromatic heterocycles. The predicted molar refractivity (Wildman–Crippen MR) is 67.1 cm³/mol. The molecule has 4 heteroatoms. The van der Waals surface area contributed by atoms with Crippen molar-refractivity contribution < 1.29 is 19.7 Å². The van der Waals surface area contributed by atoms with Crippen molar-refractivity contribution in [2.45, 2.75) is 32.1 Å². The molecule has 2 N–H and O–H groups in total. The standard InChI is InChI=1S/C14H18O4/c1-8-3-6-11(18-2)13(14(8)17)10(7-12(15)16)9-4-5-9/h3,6,9-10,17H,4-5,7H2,1-2H3,(H,15,16). The van der Waals surface area contributed by atoms with E-state index in [4.69, 9.17) is 9.84 Å². The molecule has 1 aromatic rings. The van der Waals surface area contributed by atoms with Crippen LogP contribution in [-0.2, 0) is 4.79 Å². The van der Waals surface area contributed by atoms with Crippen LogP contribution in [0.25, 0.3) is 0 Å². The summed E-state index contributed by atoms with van der Waals surface area (Å²) in [5, 5.41) is 19.2. The molecule has 1 saturated carbocycles. The number of aliphatic carboxylic acids is 1. The first-order valence-corrected chi connectivity index (χ1v) is 6.12. The van der Waals surface area contributed by atoms with Crippen molar-refractivity contribution in [3.63, 3.8) is 0 Å². The van der Waals surface area contributed by atoms with Gasteiger partial charge in [-0.3, -0.25) is 4.79 Å². The molecule has 1 aromatic carbocycles. The van der Waals surface area contributed by atoms with Crippen LogP contribution in [0.5, 0.6) is 11.5 Å². The van der Waals surface area contributed by atoms with E-state index in [1.165, 1.54) is 0 Å². The molecule has 1 unspecified atom stereocenters. The Labute approximate surface area is 106 Å². The Balaban J connectivity index is 2.44. The first kappa shape index (κ1) is 12.7. The van der Waals surface area contributed by atoms with Gasteiger partial charge in [0, 0.05) is 11.5 Å². The molecular formula is C14H18O4. The van der Waals surface area contributed by atoms with Gasteiger partial charge in [-0.05, 0) is 37.3 Å². The summed E-state index contributed by atoms with van der Waals surface area (Å²) in [6.07, 6.45) is 2.08. The average molecular weight is 250 g/mol. The van der Waals surface area contributed by atoms with E-state index in [0.717, 1.165) is 18.4 Å². The maximum absolute atomic E-state index is 11.0. The number of methoxy groups -OCH3 is 1. The van der Waals surface area contributed by atoms with Gasteiger partial charge >= 0.3 is 5.97 Å². The number of carboxylic acids is 1. The molecular weight excluding hydrogens is 232 g/mol. The summed E-state index contributed by atoms with van der Waals surface area (Å²) in [6, 6.07) is 3.57. The monoisotopic (exact) mass is 250 g/mol. The number of phenols is 1. The quantitative estimate of drug-likeness (QED) is 0.843. The van der Waals surface area contributed by atoms with Crippen molar-refractivity contribution in [1.82, 2.24) is 0 Å². The van der Waals surface area contributed by atoms with Crippen LogP contribution in [0.3, 0.4) is 0 Å². The minimum Gasteiger partial charge on any atom is -0.507 e. The first-order chi connectivity index (χ1) is 8.54. The molecule has 18 heavy (non-hydrogen) atoms. The molecule has 1 aliphatic rings. The molecule has 0 spiro atoms. The number of hydrogen-bond acceptors (Lipinski definition) is 3. The predicted octanol–water partition coefficient (Wildman–Crippen LogP) is 2.68. The Morgan fingerprint density at radius 1 is 1.50 bits per heavy atom. The van der Waals surface area contributed by atoms with E-state index in [1.54, 1.807) is 19.2 Å². The Morgan fingerprint density at radius 3 is 2.67 bits per heavy atom. The number of hydrogen-bond donors (Lipinski definition) is 2. The van der Waals surface area contributed by atoms with Crippen molar-refractivity contribution >= 4 is 5.97 Å². The lowest BCUT2D eigenvalue weighted by molar-refractivity contribution is -0.137. The number of rotatable bonds is 5. The highest BCUT2D eigenvalue weighted by Crippen LogP contribution is 2.50. The molecule has 1 fully saturated rings. The van der Waals surface area contributed by atoms with Gasteiger partial charge in [-0.25, -0.2) is 0 Å². The molecule has 0 radical (unpaired) electrons. The number of aryl methyl sites for hydroxylation is 1. The summed E-state index contributed by atoms with van der Waals surface area (Å²) in [7, 11) is 1.54. The second kappa shape index (κ2) is 4.88. The summed E-state index contributed by atoms with van der Waals surface area (Å²) in [6.45, 7) is 1.81. The first-order valence-electron chi connectivity index (χ1n) is 6.12. The third-order valence-electron chi connectivity index (χ3n) is 3.56. The third-order valence-corrected chi connectivity index (χ3v) is 3.56. The normalized spacial score (nSPS) is 16.3. The summed E-state index contributed by atoms with van der Waals surface area (Å²) >= 11 is 0. The van der Waals surface area contributed by atoms with Gasteiger partial charge in [0.15, 0.2) is 0 Å². The van der Waals surface area contributed by atoms with Crippen LogP contribution in [0.15, 0.2) is 12.1 Å². The molecule has 1 aliphatic carbocycles. The van der Waals surface area contributed by atoms with Gasteiger partial charge in [0.05, 0.1) is 13.5 Å². The molecule has 0 saturated heterocycles. The molecule has 0 bridgehead atoms. The lowest BCUT2D eigenvalue weighted by atomic mass is 9.88. The largest absolute Gasteiger partial charge is 0.507 e. The topological polar surface area (TPSA) is 66.8 Å². The van der Waals surface area contributed by atoms with Gasteiger partial charge in [-0.15, -0.1) is 0 Å². The molecule has 1 atom stereocenters. The van der Waals surface area contributed by atoms with Crippen molar-refractivity contribution in [2.75, 3.05) is 7.11 Å². The lowest BCUT2D eigenvalue weighted by Crippen LogP contribution is -2.10. The van der Waals surface area contributed by atoms with Crippen LogP contribution in [0, 0.1) is 12.8 Å². The number of benzene rings is 1. The Hall–Kier alpha value is -1.71. The van der Waals surface area contributed by atoms with Crippen LogP contribution in [0.2, 0.25) is 0 Å². The van der Waals surface area contributed by atoms with Crippen LogP contribution < -0.4 is 4.74 Å². The minimum atomic E-state index is -0.838. The van der Waals surface area contributed by atoms with E-state index < -0.39 is 5.97 Å². The summed E-state index contributed by atoms with van der Waals surface area (Å²) in [4.78, 5) is 11.0. The maximum atomic E-state index is 11.0. The van der Waals surface area contributed by atoms with Gasteiger partial charge in [-0.2, -0.15) is 0 Å². The fourth-order valence-electron chi connectivity index (χ4n) is 2.43. The number of aromatic hydroxyl groups is 1. The highest BCUT2D eigenvalue weighted by Gasteiger charge is 2.37. The minimum absolute atomic E-state index is 0.0397. The van der Waals surface area contributed by atoms with E-state index in [9.17, 15) is 9.90 Å². The molecule has 4 nitrogen and oxygen atoms in total. The average Bonchev–Trinajstić information content (AvgIpc) is 3.13. The fourth-order valence-corrected chi connectivity index (χ4v) is 2.43. The van der Waals surface area contributed by atoms with Crippen LogP contribution in [0.4, 0.5) is 0 Å². The van der Waals surface area contributed by atoms with Gasteiger partial charge in [0.2, 0.25) is 0 Å². The van der Waals surface area contributed by atoms with Crippen molar-refractivity contribution in [2.24, 2.45) is 5.92 Å². The van der Waals surface area contributed by atoms with Gasteiger partial charge in [-0.1, -0.05) is 6.07 Å². The highest BCUT2D eigenvalue weighted by atomic mass is 16.5. The van der Waals surface area contributed by atoms with Crippen LogP contribution in [-0.4, -0.2) is 23.3 Å². The van der Waals surface area contributed by atoms with Crippen molar-refractivity contribution in [1.29, 1.82) is 0 Å². The Kier molecular flexibility index (Phi) is 3.45. The van der Waals surface area contributed by atoms with Crippen LogP contribution in [0.1, 0.15) is 36.3 Å². The molecule has 98 valence electrons. The van der Waals surface area contributed by atoms with E-state index in [2.05, 4.69) is 0 Å². The smallest absolute Gasteiger partial charge is 0.303 e. The fraction of sp³-hybridized carbons (Fsp3) is 0.500. The van der Waals surface area contributed by atoms with Crippen LogP contribution >= 0.6 is 0 Å². The van der Waals surface area contributed by atoms with Crippen molar-refractivity contribution in [3.8, 4) is 11.5 Å². The summed E-state index contributed by atoms with van der Waals surface area (Å²) < 4.78 is 5.27. The van der Waals surface area contributed by atoms with Crippen molar-refractivity contribution in [3.05, 3.63) is 23.3 Å². The SMILES string of the molecule is COc1ccc(C)c(O)c1C(CC(=O)O)C1CC1. The number of carboxylic acid groups (broad SMARTS) is 1. The Bertz CT molecular complexity index is 463. The molecule has 0 heterocycles. The van der Waals surface area contributed by atoms with E-state index in [0.29, 0.717) is 17.2 Å². The number of carbonyl (C=O) groups is 1. The zero-order valence-electron chi connectivity index (χ0n) is 10.6. The third kappa shape index (κ3) is 2.42. The highest BCUT2D eigenvalue weighted by molar-refractivity contribution is 5.69.